The Bertz CT molecular complexity index is 660. The standard InChI is InChI=1S/C16H16F3NO6/c1-10(21)7-13(22)25-9-12(20-15(24)16(17,18)19)14(23)26-8-11-5-3-2-4-6-11/h2-6,12H,7-9H2,1H3,(H,20,24)/t12-/m0/s1. The molecule has 7 nitrogen and oxygen atoms in total. The summed E-state index contributed by atoms with van der Waals surface area (Å²) in [5.41, 5.74) is 0.565. The van der Waals surface area contributed by atoms with Crippen LogP contribution in [0.1, 0.15) is 18.9 Å². The molecule has 0 aliphatic carbocycles. The first-order valence-corrected chi connectivity index (χ1v) is 7.33. The molecule has 0 saturated carbocycles. The number of carbonyl (C=O) groups excluding carboxylic acids is 4. The summed E-state index contributed by atoms with van der Waals surface area (Å²) in [5, 5.41) is 1.40. The van der Waals surface area contributed by atoms with Crippen LogP contribution in [0.15, 0.2) is 30.3 Å². The molecule has 1 rings (SSSR count). The van der Waals surface area contributed by atoms with Gasteiger partial charge in [-0.2, -0.15) is 13.2 Å². The number of amides is 1. The van der Waals surface area contributed by atoms with E-state index >= 15 is 0 Å². The summed E-state index contributed by atoms with van der Waals surface area (Å²) in [6, 6.07) is 6.40. The lowest BCUT2D eigenvalue weighted by atomic mass is 10.2. The van der Waals surface area contributed by atoms with E-state index in [1.165, 1.54) is 5.32 Å². The predicted octanol–water partition coefficient (Wildman–Crippen LogP) is 1.30. The molecule has 0 spiro atoms. The van der Waals surface area contributed by atoms with E-state index < -0.39 is 48.9 Å². The van der Waals surface area contributed by atoms with E-state index in [0.29, 0.717) is 5.56 Å². The molecular formula is C16H16F3NO6. The maximum Gasteiger partial charge on any atom is 0.471 e. The van der Waals surface area contributed by atoms with E-state index in [1.807, 2.05) is 0 Å². The van der Waals surface area contributed by atoms with Gasteiger partial charge in [-0.1, -0.05) is 30.3 Å². The van der Waals surface area contributed by atoms with E-state index in [-0.39, 0.29) is 6.61 Å². The maximum atomic E-state index is 12.4. The quantitative estimate of drug-likeness (QED) is 0.543. The van der Waals surface area contributed by atoms with Crippen LogP contribution in [-0.2, 0) is 35.3 Å². The molecule has 0 saturated heterocycles. The molecule has 0 radical (unpaired) electrons. The van der Waals surface area contributed by atoms with E-state index in [0.717, 1.165) is 6.92 Å². The highest BCUT2D eigenvalue weighted by Gasteiger charge is 2.41. The van der Waals surface area contributed by atoms with Crippen LogP contribution in [0.3, 0.4) is 0 Å². The van der Waals surface area contributed by atoms with Crippen LogP contribution in [0.4, 0.5) is 13.2 Å². The largest absolute Gasteiger partial charge is 0.471 e. The van der Waals surface area contributed by atoms with Crippen molar-refractivity contribution in [1.82, 2.24) is 5.32 Å². The molecule has 1 N–H and O–H groups in total. The van der Waals surface area contributed by atoms with Gasteiger partial charge >= 0.3 is 24.0 Å². The second-order valence-electron chi connectivity index (χ2n) is 5.18. The number of rotatable bonds is 8. The zero-order valence-electron chi connectivity index (χ0n) is 13.7. The summed E-state index contributed by atoms with van der Waals surface area (Å²) >= 11 is 0. The fraction of sp³-hybridized carbons (Fsp3) is 0.375. The van der Waals surface area contributed by atoms with E-state index in [9.17, 15) is 32.3 Å². The van der Waals surface area contributed by atoms with Crippen molar-refractivity contribution in [2.45, 2.75) is 32.2 Å². The molecular weight excluding hydrogens is 359 g/mol. The van der Waals surface area contributed by atoms with Crippen molar-refractivity contribution >= 4 is 23.6 Å². The first-order chi connectivity index (χ1) is 12.1. The van der Waals surface area contributed by atoms with Gasteiger partial charge in [0.15, 0.2) is 6.04 Å². The highest BCUT2D eigenvalue weighted by molar-refractivity contribution is 5.94. The molecule has 0 fully saturated rings. The van der Waals surface area contributed by atoms with Crippen LogP contribution in [0.25, 0.3) is 0 Å². The lowest BCUT2D eigenvalue weighted by molar-refractivity contribution is -0.177. The SMILES string of the molecule is CC(=O)CC(=O)OC[C@H](NC(=O)C(F)(F)F)C(=O)OCc1ccccc1. The van der Waals surface area contributed by atoms with Gasteiger partial charge in [0, 0.05) is 0 Å². The van der Waals surface area contributed by atoms with E-state index in [1.54, 1.807) is 30.3 Å². The minimum Gasteiger partial charge on any atom is -0.463 e. The molecule has 142 valence electrons. The van der Waals surface area contributed by atoms with Crippen LogP contribution in [-0.4, -0.2) is 42.5 Å². The minimum absolute atomic E-state index is 0.251. The van der Waals surface area contributed by atoms with Gasteiger partial charge in [-0.05, 0) is 12.5 Å². The fourth-order valence-corrected chi connectivity index (χ4v) is 1.67. The molecule has 1 atom stereocenters. The smallest absolute Gasteiger partial charge is 0.463 e. The van der Waals surface area contributed by atoms with Gasteiger partial charge in [0.25, 0.3) is 0 Å². The van der Waals surface area contributed by atoms with Crippen LogP contribution in [0, 0.1) is 0 Å². The van der Waals surface area contributed by atoms with Crippen molar-refractivity contribution in [1.29, 1.82) is 0 Å². The molecule has 0 bridgehead atoms. The highest BCUT2D eigenvalue weighted by Crippen LogP contribution is 2.15. The molecule has 0 unspecified atom stereocenters. The molecule has 0 aliphatic rings. The Morgan fingerprint density at radius 3 is 2.23 bits per heavy atom. The van der Waals surface area contributed by atoms with Gasteiger partial charge in [0.1, 0.15) is 25.4 Å². The summed E-state index contributed by atoms with van der Waals surface area (Å²) in [4.78, 5) is 45.1. The zero-order valence-corrected chi connectivity index (χ0v) is 13.7. The summed E-state index contributed by atoms with van der Waals surface area (Å²) in [5.74, 6) is -5.18. The first kappa shape index (κ1) is 21.1. The number of benzene rings is 1. The van der Waals surface area contributed by atoms with Gasteiger partial charge < -0.3 is 14.8 Å². The molecule has 1 aromatic rings. The van der Waals surface area contributed by atoms with Crippen molar-refractivity contribution in [3.8, 4) is 0 Å². The first-order valence-electron chi connectivity index (χ1n) is 7.33. The van der Waals surface area contributed by atoms with Gasteiger partial charge in [0.05, 0.1) is 0 Å². The van der Waals surface area contributed by atoms with Crippen molar-refractivity contribution in [2.24, 2.45) is 0 Å². The Balaban J connectivity index is 2.71. The molecule has 10 heteroatoms. The second kappa shape index (κ2) is 9.54. The number of alkyl halides is 3. The van der Waals surface area contributed by atoms with Crippen LogP contribution in [0.5, 0.6) is 0 Å². The molecule has 0 aromatic heterocycles. The van der Waals surface area contributed by atoms with Crippen LogP contribution < -0.4 is 5.32 Å². The summed E-state index contributed by atoms with van der Waals surface area (Å²) in [6.45, 7) is -0.0424. The molecule has 0 heterocycles. The predicted molar refractivity (Wildman–Crippen MR) is 80.5 cm³/mol. The van der Waals surface area contributed by atoms with Gasteiger partial charge in [-0.25, -0.2) is 4.79 Å². The second-order valence-corrected chi connectivity index (χ2v) is 5.18. The Hall–Kier alpha value is -2.91. The van der Waals surface area contributed by atoms with Gasteiger partial charge in [-0.15, -0.1) is 0 Å². The van der Waals surface area contributed by atoms with E-state index in [4.69, 9.17) is 4.74 Å². The van der Waals surface area contributed by atoms with Crippen molar-refractivity contribution < 1.29 is 41.8 Å². The van der Waals surface area contributed by atoms with Gasteiger partial charge in [0.2, 0.25) is 0 Å². The Morgan fingerprint density at radius 1 is 1.08 bits per heavy atom. The number of carbonyl (C=O) groups is 4. The zero-order chi connectivity index (χ0) is 19.7. The third kappa shape index (κ3) is 7.77. The molecule has 1 aromatic carbocycles. The number of esters is 2. The van der Waals surface area contributed by atoms with E-state index in [2.05, 4.69) is 4.74 Å². The van der Waals surface area contributed by atoms with Crippen molar-refractivity contribution in [2.75, 3.05) is 6.61 Å². The highest BCUT2D eigenvalue weighted by atomic mass is 19.4. The van der Waals surface area contributed by atoms with Crippen LogP contribution >= 0.6 is 0 Å². The third-order valence-corrected chi connectivity index (χ3v) is 2.88. The third-order valence-electron chi connectivity index (χ3n) is 2.88. The minimum atomic E-state index is -5.23. The van der Waals surface area contributed by atoms with Gasteiger partial charge in [-0.3, -0.25) is 14.4 Å². The monoisotopic (exact) mass is 375 g/mol. The number of hydrogen-bond acceptors (Lipinski definition) is 6. The lowest BCUT2D eigenvalue weighted by Crippen LogP contribution is -2.50. The fourth-order valence-electron chi connectivity index (χ4n) is 1.67. The molecule has 26 heavy (non-hydrogen) atoms. The van der Waals surface area contributed by atoms with Crippen molar-refractivity contribution in [3.05, 3.63) is 35.9 Å². The summed E-state index contributed by atoms with van der Waals surface area (Å²) in [6.07, 6.45) is -5.85. The Labute approximate surface area is 146 Å². The Kier molecular flexibility index (Phi) is 7.76. The molecule has 1 amide bonds. The number of nitrogens with one attached hydrogen (secondary N) is 1. The Morgan fingerprint density at radius 2 is 1.69 bits per heavy atom. The normalized spacial score (nSPS) is 12.0. The number of ether oxygens (including phenoxy) is 2. The topological polar surface area (TPSA) is 98.8 Å². The molecule has 0 aliphatic heterocycles. The van der Waals surface area contributed by atoms with Crippen LogP contribution in [0.2, 0.25) is 0 Å². The summed E-state index contributed by atoms with van der Waals surface area (Å²) < 4.78 is 46.5. The average molecular weight is 375 g/mol. The maximum absolute atomic E-state index is 12.4. The average Bonchev–Trinajstić information content (AvgIpc) is 2.55. The number of hydrogen-bond donors (Lipinski definition) is 1. The number of halogens is 3. The lowest BCUT2D eigenvalue weighted by Gasteiger charge is -2.18. The number of Topliss-reactive ketones (excluding diaryl/α,β-unsaturated/α-hetero) is 1. The summed E-state index contributed by atoms with van der Waals surface area (Å²) in [7, 11) is 0. The van der Waals surface area contributed by atoms with Crippen molar-refractivity contribution in [3.63, 3.8) is 0 Å². The number of ketones is 1.